The molecular formula is C22H17FN2O3S2. The first-order chi connectivity index (χ1) is 14.4. The number of anilines is 1. The lowest BCUT2D eigenvalue weighted by atomic mass is 10.2. The van der Waals surface area contributed by atoms with E-state index in [2.05, 4.69) is 4.98 Å². The van der Waals surface area contributed by atoms with Gasteiger partial charge in [0.25, 0.3) is 0 Å². The topological polar surface area (TPSA) is 67.3 Å². The molecule has 0 saturated heterocycles. The van der Waals surface area contributed by atoms with Crippen LogP contribution in [0.25, 0.3) is 10.2 Å². The Morgan fingerprint density at radius 2 is 1.63 bits per heavy atom. The van der Waals surface area contributed by atoms with E-state index >= 15 is 0 Å². The van der Waals surface area contributed by atoms with Crippen molar-refractivity contribution in [1.82, 2.24) is 4.98 Å². The third kappa shape index (κ3) is 4.39. The third-order valence-corrected chi connectivity index (χ3v) is 7.13. The Balaban J connectivity index is 1.70. The predicted molar refractivity (Wildman–Crippen MR) is 116 cm³/mol. The van der Waals surface area contributed by atoms with Gasteiger partial charge in [0.2, 0.25) is 5.91 Å². The molecule has 0 radical (unpaired) electrons. The normalized spacial score (nSPS) is 11.5. The molecule has 3 aromatic carbocycles. The average molecular weight is 441 g/mol. The largest absolute Gasteiger partial charge is 0.283 e. The highest BCUT2D eigenvalue weighted by molar-refractivity contribution is 7.92. The lowest BCUT2D eigenvalue weighted by Gasteiger charge is -2.20. The molecule has 4 rings (SSSR count). The first kappa shape index (κ1) is 20.2. The van der Waals surface area contributed by atoms with Crippen molar-refractivity contribution in [1.29, 1.82) is 0 Å². The molecule has 0 spiro atoms. The van der Waals surface area contributed by atoms with Gasteiger partial charge >= 0.3 is 0 Å². The zero-order valence-corrected chi connectivity index (χ0v) is 17.4. The first-order valence-corrected chi connectivity index (χ1v) is 11.6. The predicted octanol–water partition coefficient (Wildman–Crippen LogP) is 4.44. The van der Waals surface area contributed by atoms with E-state index in [1.165, 1.54) is 35.2 Å². The highest BCUT2D eigenvalue weighted by Gasteiger charge is 2.26. The zero-order chi connectivity index (χ0) is 21.1. The van der Waals surface area contributed by atoms with Gasteiger partial charge in [-0.1, -0.05) is 59.9 Å². The molecular weight excluding hydrogens is 423 g/mol. The number of benzene rings is 3. The van der Waals surface area contributed by atoms with Gasteiger partial charge in [-0.3, -0.25) is 9.69 Å². The van der Waals surface area contributed by atoms with Gasteiger partial charge in [0.1, 0.15) is 11.6 Å². The van der Waals surface area contributed by atoms with Crippen molar-refractivity contribution < 1.29 is 17.6 Å². The van der Waals surface area contributed by atoms with Gasteiger partial charge in [-0.05, 0) is 35.9 Å². The SMILES string of the molecule is O=C(CS(=O)(=O)c1ccccc1)N(Cc1ccccc1)c1nc2ccc(F)cc2s1. The summed E-state index contributed by atoms with van der Waals surface area (Å²) < 4.78 is 39.6. The highest BCUT2D eigenvalue weighted by Crippen LogP contribution is 2.31. The Hall–Kier alpha value is -3.10. The van der Waals surface area contributed by atoms with Crippen LogP contribution in [0.15, 0.2) is 83.8 Å². The maximum atomic E-state index is 13.6. The Morgan fingerprint density at radius 1 is 0.967 bits per heavy atom. The van der Waals surface area contributed by atoms with E-state index in [9.17, 15) is 17.6 Å². The zero-order valence-electron chi connectivity index (χ0n) is 15.7. The summed E-state index contributed by atoms with van der Waals surface area (Å²) in [6.07, 6.45) is 0. The first-order valence-electron chi connectivity index (χ1n) is 9.10. The van der Waals surface area contributed by atoms with Gasteiger partial charge in [-0.15, -0.1) is 0 Å². The molecule has 0 aliphatic heterocycles. The molecule has 0 fully saturated rings. The van der Waals surface area contributed by atoms with E-state index in [0.29, 0.717) is 15.3 Å². The quantitative estimate of drug-likeness (QED) is 0.445. The molecule has 0 aliphatic rings. The second-order valence-electron chi connectivity index (χ2n) is 6.65. The minimum Gasteiger partial charge on any atom is -0.283 e. The summed E-state index contributed by atoms with van der Waals surface area (Å²) in [7, 11) is -3.82. The minimum atomic E-state index is -3.82. The lowest BCUT2D eigenvalue weighted by Crippen LogP contribution is -2.35. The Labute approximate surface area is 177 Å². The third-order valence-electron chi connectivity index (χ3n) is 4.47. The number of carbonyl (C=O) groups excluding carboxylic acids is 1. The number of hydrogen-bond acceptors (Lipinski definition) is 5. The molecule has 5 nitrogen and oxygen atoms in total. The van der Waals surface area contributed by atoms with Crippen LogP contribution in [0, 0.1) is 5.82 Å². The highest BCUT2D eigenvalue weighted by atomic mass is 32.2. The van der Waals surface area contributed by atoms with Gasteiger partial charge in [-0.25, -0.2) is 17.8 Å². The van der Waals surface area contributed by atoms with E-state index in [-0.39, 0.29) is 11.4 Å². The van der Waals surface area contributed by atoms with Crippen LogP contribution in [-0.4, -0.2) is 25.1 Å². The van der Waals surface area contributed by atoms with Crippen LogP contribution in [-0.2, 0) is 21.2 Å². The minimum absolute atomic E-state index is 0.0874. The fourth-order valence-corrected chi connectivity index (χ4v) is 5.21. The Morgan fingerprint density at radius 3 is 2.33 bits per heavy atom. The van der Waals surface area contributed by atoms with Crippen molar-refractivity contribution in [2.75, 3.05) is 10.7 Å². The van der Waals surface area contributed by atoms with Crippen molar-refractivity contribution in [2.45, 2.75) is 11.4 Å². The molecule has 152 valence electrons. The molecule has 8 heteroatoms. The summed E-state index contributed by atoms with van der Waals surface area (Å²) in [6, 6.07) is 21.3. The van der Waals surface area contributed by atoms with Crippen molar-refractivity contribution in [3.05, 3.63) is 90.2 Å². The number of rotatable bonds is 6. The summed E-state index contributed by atoms with van der Waals surface area (Å²) in [4.78, 5) is 19.0. The van der Waals surface area contributed by atoms with Crippen molar-refractivity contribution in [3.63, 3.8) is 0 Å². The summed E-state index contributed by atoms with van der Waals surface area (Å²) in [6.45, 7) is 0.159. The molecule has 1 heterocycles. The van der Waals surface area contributed by atoms with Crippen molar-refractivity contribution in [2.24, 2.45) is 0 Å². The summed E-state index contributed by atoms with van der Waals surface area (Å²) in [5, 5.41) is 0.327. The summed E-state index contributed by atoms with van der Waals surface area (Å²) in [5.41, 5.74) is 1.38. The number of aromatic nitrogens is 1. The van der Waals surface area contributed by atoms with Crippen LogP contribution in [0.1, 0.15) is 5.56 Å². The second kappa shape index (κ2) is 8.33. The number of sulfone groups is 1. The van der Waals surface area contributed by atoms with Gasteiger partial charge in [0.05, 0.1) is 21.7 Å². The van der Waals surface area contributed by atoms with Crippen LogP contribution in [0.4, 0.5) is 9.52 Å². The number of fused-ring (bicyclic) bond motifs is 1. The second-order valence-corrected chi connectivity index (χ2v) is 9.64. The maximum absolute atomic E-state index is 13.6. The molecule has 1 aromatic heterocycles. The van der Waals surface area contributed by atoms with E-state index in [1.54, 1.807) is 18.2 Å². The average Bonchev–Trinajstić information content (AvgIpc) is 3.15. The fraction of sp³-hybridized carbons (Fsp3) is 0.0909. The molecule has 0 bridgehead atoms. The number of carbonyl (C=O) groups is 1. The van der Waals surface area contributed by atoms with Crippen molar-refractivity contribution >= 4 is 42.4 Å². The smallest absolute Gasteiger partial charge is 0.244 e. The molecule has 0 atom stereocenters. The number of nitrogens with zero attached hydrogens (tertiary/aromatic N) is 2. The molecule has 0 unspecified atom stereocenters. The number of thiazole rings is 1. The van der Waals surface area contributed by atoms with E-state index in [0.717, 1.165) is 16.9 Å². The molecule has 0 saturated carbocycles. The van der Waals surface area contributed by atoms with Crippen LogP contribution >= 0.6 is 11.3 Å². The van der Waals surface area contributed by atoms with Crippen LogP contribution in [0.5, 0.6) is 0 Å². The van der Waals surface area contributed by atoms with E-state index < -0.39 is 27.3 Å². The Bertz CT molecular complexity index is 1290. The molecule has 1 amide bonds. The van der Waals surface area contributed by atoms with Crippen LogP contribution in [0.2, 0.25) is 0 Å². The van der Waals surface area contributed by atoms with Gasteiger partial charge in [-0.2, -0.15) is 0 Å². The monoisotopic (exact) mass is 440 g/mol. The summed E-state index contributed by atoms with van der Waals surface area (Å²) >= 11 is 1.15. The van der Waals surface area contributed by atoms with Crippen LogP contribution in [0.3, 0.4) is 0 Å². The molecule has 30 heavy (non-hydrogen) atoms. The number of halogens is 1. The number of hydrogen-bond donors (Lipinski definition) is 0. The number of amides is 1. The Kier molecular flexibility index (Phi) is 5.61. The van der Waals surface area contributed by atoms with Gasteiger partial charge in [0, 0.05) is 0 Å². The van der Waals surface area contributed by atoms with E-state index in [1.807, 2.05) is 30.3 Å². The standard InChI is InChI=1S/C22H17FN2O3S2/c23-17-11-12-19-20(13-17)29-22(24-19)25(14-16-7-3-1-4-8-16)21(26)15-30(27,28)18-9-5-2-6-10-18/h1-13H,14-15H2. The molecule has 4 aromatic rings. The van der Waals surface area contributed by atoms with Gasteiger partial charge < -0.3 is 0 Å². The van der Waals surface area contributed by atoms with Crippen molar-refractivity contribution in [3.8, 4) is 0 Å². The molecule has 0 aliphatic carbocycles. The van der Waals surface area contributed by atoms with Gasteiger partial charge in [0.15, 0.2) is 15.0 Å². The molecule has 0 N–H and O–H groups in total. The fourth-order valence-electron chi connectivity index (χ4n) is 2.98. The summed E-state index contributed by atoms with van der Waals surface area (Å²) in [5.74, 6) is -1.68. The maximum Gasteiger partial charge on any atom is 0.244 e. The van der Waals surface area contributed by atoms with Crippen LogP contribution < -0.4 is 4.90 Å². The lowest BCUT2D eigenvalue weighted by molar-refractivity contribution is -0.116. The van der Waals surface area contributed by atoms with E-state index in [4.69, 9.17) is 0 Å².